The zero-order valence-electron chi connectivity index (χ0n) is 14.8. The smallest absolute Gasteiger partial charge is 0.115 e. The number of rotatable bonds is 7. The lowest BCUT2D eigenvalue weighted by molar-refractivity contribution is -0.211. The number of ether oxygens (including phenoxy) is 1. The van der Waals surface area contributed by atoms with Crippen molar-refractivity contribution >= 4 is 0 Å². The van der Waals surface area contributed by atoms with Gasteiger partial charge in [-0.05, 0) is 39.2 Å². The molecule has 1 rings (SSSR count). The molecule has 122 valence electrons. The summed E-state index contributed by atoms with van der Waals surface area (Å²) in [5.41, 5.74) is -0.560. The fourth-order valence-corrected chi connectivity index (χ4v) is 2.36. The highest BCUT2D eigenvalue weighted by Crippen LogP contribution is 2.29. The Morgan fingerprint density at radius 3 is 1.85 bits per heavy atom. The molecule has 0 bridgehead atoms. The van der Waals surface area contributed by atoms with Crippen molar-refractivity contribution in [1.29, 1.82) is 0 Å². The zero-order valence-corrected chi connectivity index (χ0v) is 14.8. The largest absolute Gasteiger partial charge is 0.385 e. The minimum Gasteiger partial charge on any atom is -0.385 e. The van der Waals surface area contributed by atoms with Crippen LogP contribution in [0.5, 0.6) is 0 Å². The molecule has 0 aromatic carbocycles. The Hall–Kier alpha value is -0.120. The second-order valence-electron chi connectivity index (χ2n) is 7.02. The molecule has 0 spiro atoms. The molecule has 0 aromatic heterocycles. The summed E-state index contributed by atoms with van der Waals surface area (Å²) in [5, 5.41) is 10.3. The molecule has 1 aliphatic heterocycles. The molecule has 1 N–H and O–H groups in total. The Bertz CT molecular complexity index is 234. The minimum absolute atomic E-state index is 0.343. The van der Waals surface area contributed by atoms with E-state index in [2.05, 4.69) is 53.4 Å². The number of nitrogens with zero attached hydrogens (tertiary/aromatic N) is 1. The van der Waals surface area contributed by atoms with Gasteiger partial charge in [-0.1, -0.05) is 34.6 Å². The van der Waals surface area contributed by atoms with Crippen LogP contribution in [0.25, 0.3) is 0 Å². The third-order valence-corrected chi connectivity index (χ3v) is 3.65. The highest BCUT2D eigenvalue weighted by atomic mass is 16.5. The molecule has 0 saturated carbocycles. The summed E-state index contributed by atoms with van der Waals surface area (Å²) >= 11 is 0. The summed E-state index contributed by atoms with van der Waals surface area (Å²) in [6, 6.07) is 0.554. The third kappa shape index (κ3) is 7.05. The van der Waals surface area contributed by atoms with Gasteiger partial charge in [-0.15, -0.1) is 0 Å². The van der Waals surface area contributed by atoms with Gasteiger partial charge in [0.1, 0.15) is 5.60 Å². The van der Waals surface area contributed by atoms with Crippen LogP contribution in [0, 0.1) is 11.8 Å². The van der Waals surface area contributed by atoms with E-state index in [4.69, 9.17) is 4.74 Å². The summed E-state index contributed by atoms with van der Waals surface area (Å²) in [7, 11) is 0. The summed E-state index contributed by atoms with van der Waals surface area (Å²) in [5.74, 6) is 1.18. The van der Waals surface area contributed by atoms with E-state index in [1.54, 1.807) is 0 Å². The van der Waals surface area contributed by atoms with Crippen molar-refractivity contribution in [1.82, 2.24) is 4.90 Å². The van der Waals surface area contributed by atoms with Crippen molar-refractivity contribution in [2.45, 2.75) is 73.0 Å². The highest BCUT2D eigenvalue weighted by Gasteiger charge is 2.43. The van der Waals surface area contributed by atoms with Crippen molar-refractivity contribution < 1.29 is 9.84 Å². The van der Waals surface area contributed by atoms with Crippen LogP contribution in [-0.2, 0) is 4.74 Å². The Labute approximate surface area is 126 Å². The van der Waals surface area contributed by atoms with Gasteiger partial charge in [0, 0.05) is 18.5 Å². The molecule has 1 aliphatic rings. The average molecular weight is 287 g/mol. The molecule has 1 fully saturated rings. The Morgan fingerprint density at radius 1 is 1.10 bits per heavy atom. The van der Waals surface area contributed by atoms with Crippen LogP contribution in [0.3, 0.4) is 0 Å². The van der Waals surface area contributed by atoms with Crippen LogP contribution in [0.4, 0.5) is 0 Å². The first-order valence-corrected chi connectivity index (χ1v) is 8.30. The fraction of sp³-hybridized carbons (Fsp3) is 1.00. The first kappa shape index (κ1) is 19.9. The molecule has 0 aromatic rings. The van der Waals surface area contributed by atoms with E-state index in [1.165, 1.54) is 6.42 Å². The van der Waals surface area contributed by atoms with E-state index in [1.807, 2.05) is 0 Å². The molecule has 1 heterocycles. The maximum atomic E-state index is 10.3. The third-order valence-electron chi connectivity index (χ3n) is 3.65. The van der Waals surface area contributed by atoms with Gasteiger partial charge in [0.15, 0.2) is 0 Å². The highest BCUT2D eigenvalue weighted by molar-refractivity contribution is 4.93. The SMILES string of the molecule is CC(C)C.CCCN(CC(CC)C1(O)COC1)C(C)C. The molecule has 0 radical (unpaired) electrons. The topological polar surface area (TPSA) is 32.7 Å². The average Bonchev–Trinajstić information content (AvgIpc) is 2.30. The molecule has 20 heavy (non-hydrogen) atoms. The van der Waals surface area contributed by atoms with Crippen LogP contribution in [0.2, 0.25) is 0 Å². The van der Waals surface area contributed by atoms with Crippen molar-refractivity contribution in [3.05, 3.63) is 0 Å². The van der Waals surface area contributed by atoms with Crippen molar-refractivity contribution in [2.24, 2.45) is 11.8 Å². The number of hydrogen-bond acceptors (Lipinski definition) is 3. The predicted molar refractivity (Wildman–Crippen MR) is 87.1 cm³/mol. The maximum Gasteiger partial charge on any atom is 0.115 e. The molecule has 1 unspecified atom stereocenters. The van der Waals surface area contributed by atoms with Gasteiger partial charge in [0.05, 0.1) is 13.2 Å². The van der Waals surface area contributed by atoms with E-state index in [9.17, 15) is 5.11 Å². The summed E-state index contributed by atoms with van der Waals surface area (Å²) in [6.07, 6.45) is 2.19. The minimum atomic E-state index is -0.560. The van der Waals surface area contributed by atoms with Gasteiger partial charge in [0.2, 0.25) is 0 Å². The molecular formula is C17H37NO2. The van der Waals surface area contributed by atoms with E-state index in [0.29, 0.717) is 25.2 Å². The van der Waals surface area contributed by atoms with E-state index < -0.39 is 5.60 Å². The molecule has 0 aliphatic carbocycles. The first-order valence-electron chi connectivity index (χ1n) is 8.30. The molecule has 0 amide bonds. The molecular weight excluding hydrogens is 250 g/mol. The summed E-state index contributed by atoms with van der Waals surface area (Å²) in [6.45, 7) is 18.5. The fourth-order valence-electron chi connectivity index (χ4n) is 2.36. The van der Waals surface area contributed by atoms with Gasteiger partial charge < -0.3 is 14.7 Å². The van der Waals surface area contributed by atoms with Gasteiger partial charge in [-0.2, -0.15) is 0 Å². The lowest BCUT2D eigenvalue weighted by Gasteiger charge is -2.44. The van der Waals surface area contributed by atoms with Crippen LogP contribution in [0.15, 0.2) is 0 Å². The Balaban J connectivity index is 0.000000796. The first-order chi connectivity index (χ1) is 9.26. The van der Waals surface area contributed by atoms with Crippen molar-refractivity contribution in [3.8, 4) is 0 Å². The summed E-state index contributed by atoms with van der Waals surface area (Å²) in [4.78, 5) is 2.46. The Morgan fingerprint density at radius 2 is 1.60 bits per heavy atom. The summed E-state index contributed by atoms with van der Waals surface area (Å²) < 4.78 is 5.15. The standard InChI is InChI=1S/C13H27NO2.C4H10/c1-5-7-14(11(3)4)8-12(6-2)13(15)9-16-10-13;1-4(2)3/h11-12,15H,5-10H2,1-4H3;4H,1-3H3. The van der Waals surface area contributed by atoms with Gasteiger partial charge in [0.25, 0.3) is 0 Å². The quantitative estimate of drug-likeness (QED) is 0.777. The predicted octanol–water partition coefficient (Wildman–Crippen LogP) is 3.56. The van der Waals surface area contributed by atoms with Crippen LogP contribution in [-0.4, -0.2) is 48.0 Å². The maximum absolute atomic E-state index is 10.3. The number of aliphatic hydroxyl groups is 1. The molecule has 3 nitrogen and oxygen atoms in total. The molecule has 3 heteroatoms. The van der Waals surface area contributed by atoms with Crippen molar-refractivity contribution in [2.75, 3.05) is 26.3 Å². The monoisotopic (exact) mass is 287 g/mol. The second-order valence-corrected chi connectivity index (χ2v) is 7.02. The normalized spacial score (nSPS) is 18.8. The lowest BCUT2D eigenvalue weighted by Crippen LogP contribution is -2.58. The van der Waals surface area contributed by atoms with Gasteiger partial charge in [-0.25, -0.2) is 0 Å². The number of hydrogen-bond donors (Lipinski definition) is 1. The molecule has 1 saturated heterocycles. The van der Waals surface area contributed by atoms with Gasteiger partial charge >= 0.3 is 0 Å². The van der Waals surface area contributed by atoms with Crippen LogP contribution in [0.1, 0.15) is 61.3 Å². The zero-order chi connectivity index (χ0) is 15.8. The van der Waals surface area contributed by atoms with Crippen LogP contribution < -0.4 is 0 Å². The second kappa shape index (κ2) is 9.75. The van der Waals surface area contributed by atoms with Crippen molar-refractivity contribution in [3.63, 3.8) is 0 Å². The van der Waals surface area contributed by atoms with E-state index in [-0.39, 0.29) is 0 Å². The van der Waals surface area contributed by atoms with E-state index >= 15 is 0 Å². The Kier molecular flexibility index (Phi) is 9.69. The molecule has 1 atom stereocenters. The van der Waals surface area contributed by atoms with Gasteiger partial charge in [-0.3, -0.25) is 0 Å². The van der Waals surface area contributed by atoms with E-state index in [0.717, 1.165) is 25.4 Å². The lowest BCUT2D eigenvalue weighted by atomic mass is 9.83. The van der Waals surface area contributed by atoms with Crippen LogP contribution >= 0.6 is 0 Å².